The molecule has 2 amide bonds. The van der Waals surface area contributed by atoms with Gasteiger partial charge in [-0.2, -0.15) is 11.8 Å². The first-order valence-corrected chi connectivity index (χ1v) is 8.14. The molecule has 1 aliphatic carbocycles. The molecule has 19 heavy (non-hydrogen) atoms. The van der Waals surface area contributed by atoms with E-state index in [1.165, 1.54) is 0 Å². The van der Waals surface area contributed by atoms with E-state index in [-0.39, 0.29) is 23.9 Å². The molecule has 4 nitrogen and oxygen atoms in total. The minimum Gasteiger partial charge on any atom is -0.342 e. The minimum atomic E-state index is -0.285. The van der Waals surface area contributed by atoms with Crippen LogP contribution >= 0.6 is 11.8 Å². The van der Waals surface area contributed by atoms with Crippen LogP contribution < -0.4 is 5.32 Å². The molecular formula is C14H22N2O2S. The van der Waals surface area contributed by atoms with Crippen molar-refractivity contribution in [2.24, 2.45) is 5.92 Å². The normalized spacial score (nSPS) is 27.3. The number of nitrogens with zero attached hydrogens (tertiary/aromatic N) is 1. The summed E-state index contributed by atoms with van der Waals surface area (Å²) in [5.41, 5.74) is 0. The van der Waals surface area contributed by atoms with Crippen LogP contribution in [0.1, 0.15) is 26.2 Å². The van der Waals surface area contributed by atoms with Gasteiger partial charge in [0.1, 0.15) is 12.1 Å². The first-order chi connectivity index (χ1) is 9.19. The van der Waals surface area contributed by atoms with Crippen LogP contribution in [0.2, 0.25) is 0 Å². The summed E-state index contributed by atoms with van der Waals surface area (Å²) in [6.45, 7) is 6.30. The van der Waals surface area contributed by atoms with Crippen molar-refractivity contribution in [3.63, 3.8) is 0 Å². The highest BCUT2D eigenvalue weighted by Crippen LogP contribution is 2.35. The van der Waals surface area contributed by atoms with Crippen LogP contribution in [-0.4, -0.2) is 46.8 Å². The van der Waals surface area contributed by atoms with Gasteiger partial charge in [-0.3, -0.25) is 9.59 Å². The second kappa shape index (κ2) is 6.46. The first-order valence-electron chi connectivity index (χ1n) is 6.98. The summed E-state index contributed by atoms with van der Waals surface area (Å²) in [5, 5.41) is 2.91. The van der Waals surface area contributed by atoms with Gasteiger partial charge in [-0.25, -0.2) is 0 Å². The van der Waals surface area contributed by atoms with Crippen LogP contribution in [0.25, 0.3) is 0 Å². The first kappa shape index (κ1) is 14.4. The molecule has 2 unspecified atom stereocenters. The Hall–Kier alpha value is -0.970. The molecule has 0 spiro atoms. The van der Waals surface area contributed by atoms with Crippen molar-refractivity contribution in [2.45, 2.75) is 38.3 Å². The fraction of sp³-hybridized carbons (Fsp3) is 0.714. The Morgan fingerprint density at radius 1 is 1.47 bits per heavy atom. The largest absolute Gasteiger partial charge is 0.342 e. The van der Waals surface area contributed by atoms with Crippen LogP contribution in [0.15, 0.2) is 12.7 Å². The van der Waals surface area contributed by atoms with Gasteiger partial charge >= 0.3 is 0 Å². The van der Waals surface area contributed by atoms with Gasteiger partial charge in [0.05, 0.1) is 0 Å². The zero-order valence-electron chi connectivity index (χ0n) is 11.4. The summed E-state index contributed by atoms with van der Waals surface area (Å²) in [7, 11) is 0. The number of hydrogen-bond acceptors (Lipinski definition) is 3. The lowest BCUT2D eigenvalue weighted by Crippen LogP contribution is -2.64. The van der Waals surface area contributed by atoms with E-state index in [0.29, 0.717) is 18.9 Å². The van der Waals surface area contributed by atoms with E-state index in [1.807, 2.05) is 13.0 Å². The predicted octanol–water partition coefficient (Wildman–Crippen LogP) is 1.42. The molecule has 0 bridgehead atoms. The summed E-state index contributed by atoms with van der Waals surface area (Å²) in [4.78, 5) is 26.3. The van der Waals surface area contributed by atoms with E-state index < -0.39 is 0 Å². The molecule has 0 aromatic carbocycles. The van der Waals surface area contributed by atoms with Crippen LogP contribution in [0.3, 0.4) is 0 Å². The van der Waals surface area contributed by atoms with Gasteiger partial charge < -0.3 is 10.2 Å². The fourth-order valence-electron chi connectivity index (χ4n) is 2.54. The van der Waals surface area contributed by atoms with E-state index in [2.05, 4.69) is 11.9 Å². The number of thioether (sulfide) groups is 1. The Morgan fingerprint density at radius 3 is 2.79 bits per heavy atom. The molecule has 1 saturated carbocycles. The SMILES string of the molecule is C=CCSCCN1C(=O)C(C2CC2)NC(=O)C1CC. The number of hydrogen-bond donors (Lipinski definition) is 1. The molecule has 0 aromatic heterocycles. The molecule has 0 aromatic rings. The van der Waals surface area contributed by atoms with E-state index in [9.17, 15) is 9.59 Å². The number of carbonyl (C=O) groups is 2. The molecule has 1 heterocycles. The van der Waals surface area contributed by atoms with Gasteiger partial charge in [0.2, 0.25) is 11.8 Å². The van der Waals surface area contributed by atoms with E-state index in [4.69, 9.17) is 0 Å². The number of piperazine rings is 1. The van der Waals surface area contributed by atoms with Gasteiger partial charge in [0.25, 0.3) is 0 Å². The van der Waals surface area contributed by atoms with Crippen LogP contribution in [-0.2, 0) is 9.59 Å². The Balaban J connectivity index is 1.98. The van der Waals surface area contributed by atoms with Crippen molar-refractivity contribution in [3.8, 4) is 0 Å². The third-order valence-corrected chi connectivity index (χ3v) is 4.66. The van der Waals surface area contributed by atoms with Crippen LogP contribution in [0.5, 0.6) is 0 Å². The predicted molar refractivity (Wildman–Crippen MR) is 78.0 cm³/mol. The lowest BCUT2D eigenvalue weighted by atomic mass is 10.0. The van der Waals surface area contributed by atoms with Gasteiger partial charge in [-0.15, -0.1) is 6.58 Å². The molecule has 1 aliphatic heterocycles. The van der Waals surface area contributed by atoms with Gasteiger partial charge in [0, 0.05) is 18.1 Å². The minimum absolute atomic E-state index is 0.0210. The quantitative estimate of drug-likeness (QED) is 0.567. The number of carbonyl (C=O) groups excluding carboxylic acids is 2. The smallest absolute Gasteiger partial charge is 0.246 e. The molecule has 106 valence electrons. The molecule has 2 rings (SSSR count). The monoisotopic (exact) mass is 282 g/mol. The summed E-state index contributed by atoms with van der Waals surface area (Å²) < 4.78 is 0. The molecule has 0 radical (unpaired) electrons. The average Bonchev–Trinajstić information content (AvgIpc) is 3.22. The molecule has 2 atom stereocenters. The van der Waals surface area contributed by atoms with Crippen LogP contribution in [0.4, 0.5) is 0 Å². The van der Waals surface area contributed by atoms with Crippen LogP contribution in [0, 0.1) is 5.92 Å². The van der Waals surface area contributed by atoms with Crippen molar-refractivity contribution in [2.75, 3.05) is 18.1 Å². The topological polar surface area (TPSA) is 49.4 Å². The molecular weight excluding hydrogens is 260 g/mol. The standard InChI is InChI=1S/C14H22N2O2S/c1-3-8-19-9-7-16-11(4-2)13(17)15-12(14(16)18)10-5-6-10/h3,10-12H,1,4-9H2,2H3,(H,15,17). The molecule has 1 N–H and O–H groups in total. The Morgan fingerprint density at radius 2 is 2.21 bits per heavy atom. The third kappa shape index (κ3) is 3.32. The maximum atomic E-state index is 12.5. The fourth-order valence-corrected chi connectivity index (χ4v) is 3.19. The maximum Gasteiger partial charge on any atom is 0.246 e. The zero-order valence-corrected chi connectivity index (χ0v) is 12.2. The maximum absolute atomic E-state index is 12.5. The van der Waals surface area contributed by atoms with Crippen molar-refractivity contribution >= 4 is 23.6 Å². The summed E-state index contributed by atoms with van der Waals surface area (Å²) in [5.74, 6) is 2.26. The molecule has 2 fully saturated rings. The van der Waals surface area contributed by atoms with Crippen molar-refractivity contribution < 1.29 is 9.59 Å². The lowest BCUT2D eigenvalue weighted by molar-refractivity contribution is -0.149. The third-order valence-electron chi connectivity index (χ3n) is 3.72. The molecule has 2 aliphatic rings. The summed E-state index contributed by atoms with van der Waals surface area (Å²) in [6.07, 6.45) is 4.67. The highest BCUT2D eigenvalue weighted by Gasteiger charge is 2.45. The Labute approximate surface area is 119 Å². The second-order valence-electron chi connectivity index (χ2n) is 5.14. The zero-order chi connectivity index (χ0) is 13.8. The Bertz CT molecular complexity index is 368. The molecule has 1 saturated heterocycles. The van der Waals surface area contributed by atoms with E-state index >= 15 is 0 Å². The van der Waals surface area contributed by atoms with Crippen molar-refractivity contribution in [1.82, 2.24) is 10.2 Å². The van der Waals surface area contributed by atoms with Gasteiger partial charge in [0.15, 0.2) is 0 Å². The van der Waals surface area contributed by atoms with E-state index in [1.54, 1.807) is 16.7 Å². The number of rotatable bonds is 7. The van der Waals surface area contributed by atoms with Gasteiger partial charge in [-0.05, 0) is 25.2 Å². The second-order valence-corrected chi connectivity index (χ2v) is 6.29. The van der Waals surface area contributed by atoms with E-state index in [0.717, 1.165) is 24.3 Å². The summed E-state index contributed by atoms with van der Waals surface area (Å²) >= 11 is 1.74. The average molecular weight is 282 g/mol. The number of amides is 2. The highest BCUT2D eigenvalue weighted by atomic mass is 32.2. The Kier molecular flexibility index (Phi) is 4.91. The summed E-state index contributed by atoms with van der Waals surface area (Å²) in [6, 6.07) is -0.550. The highest BCUT2D eigenvalue weighted by molar-refractivity contribution is 7.99. The van der Waals surface area contributed by atoms with Crippen molar-refractivity contribution in [3.05, 3.63) is 12.7 Å². The van der Waals surface area contributed by atoms with Gasteiger partial charge in [-0.1, -0.05) is 13.0 Å². The lowest BCUT2D eigenvalue weighted by Gasteiger charge is -2.38. The molecule has 5 heteroatoms. The number of nitrogens with one attached hydrogen (secondary N) is 1. The van der Waals surface area contributed by atoms with Crippen molar-refractivity contribution in [1.29, 1.82) is 0 Å².